The molecule has 0 radical (unpaired) electrons. The van der Waals surface area contributed by atoms with Crippen molar-refractivity contribution in [3.8, 4) is 0 Å². The molecular formula is C18H30N2S. The van der Waals surface area contributed by atoms with Crippen LogP contribution in [0.1, 0.15) is 39.2 Å². The van der Waals surface area contributed by atoms with E-state index in [2.05, 4.69) is 73.1 Å². The van der Waals surface area contributed by atoms with E-state index in [0.717, 1.165) is 13.1 Å². The van der Waals surface area contributed by atoms with E-state index >= 15 is 0 Å². The van der Waals surface area contributed by atoms with Crippen molar-refractivity contribution < 1.29 is 0 Å². The molecule has 1 heterocycles. The highest BCUT2D eigenvalue weighted by Crippen LogP contribution is 2.26. The molecule has 3 heteroatoms. The topological polar surface area (TPSA) is 15.3 Å². The fourth-order valence-electron chi connectivity index (χ4n) is 3.17. The molecule has 0 amide bonds. The average Bonchev–Trinajstić information content (AvgIpc) is 2.65. The number of benzene rings is 1. The summed E-state index contributed by atoms with van der Waals surface area (Å²) < 4.78 is 0. The maximum Gasteiger partial charge on any atom is 0.0535 e. The van der Waals surface area contributed by atoms with Gasteiger partial charge in [-0.15, -0.1) is 0 Å². The molecule has 0 saturated carbocycles. The lowest BCUT2D eigenvalue weighted by molar-refractivity contribution is 0.175. The van der Waals surface area contributed by atoms with Crippen molar-refractivity contribution in [2.45, 2.75) is 45.2 Å². The number of nitrogens with one attached hydrogen (secondary N) is 1. The van der Waals surface area contributed by atoms with E-state index in [1.54, 1.807) is 0 Å². The van der Waals surface area contributed by atoms with Crippen LogP contribution in [0.25, 0.3) is 0 Å². The first kappa shape index (κ1) is 16.9. The number of thioether (sulfide) groups is 1. The molecule has 2 nitrogen and oxygen atoms in total. The van der Waals surface area contributed by atoms with Crippen molar-refractivity contribution in [1.82, 2.24) is 10.2 Å². The van der Waals surface area contributed by atoms with Crippen LogP contribution >= 0.6 is 11.8 Å². The van der Waals surface area contributed by atoms with Crippen LogP contribution in [0, 0.1) is 0 Å². The lowest BCUT2D eigenvalue weighted by Gasteiger charge is -2.36. The molecule has 1 aromatic rings. The predicted octanol–water partition coefficient (Wildman–Crippen LogP) is 3.73. The van der Waals surface area contributed by atoms with Gasteiger partial charge < -0.3 is 5.32 Å². The second kappa shape index (κ2) is 8.21. The van der Waals surface area contributed by atoms with Gasteiger partial charge in [0.1, 0.15) is 0 Å². The maximum atomic E-state index is 3.79. The average molecular weight is 307 g/mol. The molecule has 1 N–H and O–H groups in total. The molecule has 2 rings (SSSR count). The van der Waals surface area contributed by atoms with Crippen LogP contribution in [0.3, 0.4) is 0 Å². The Hall–Kier alpha value is -0.510. The third kappa shape index (κ3) is 4.73. The van der Waals surface area contributed by atoms with E-state index in [1.165, 1.54) is 36.5 Å². The number of rotatable bonds is 6. The first-order valence-electron chi connectivity index (χ1n) is 8.28. The summed E-state index contributed by atoms with van der Waals surface area (Å²) in [7, 11) is 0. The molecule has 2 unspecified atom stereocenters. The number of hydrogen-bond donors (Lipinski definition) is 1. The Bertz CT molecular complexity index is 409. The van der Waals surface area contributed by atoms with Crippen LogP contribution in [0.4, 0.5) is 0 Å². The third-order valence-corrected chi connectivity index (χ3v) is 5.55. The molecule has 2 atom stereocenters. The van der Waals surface area contributed by atoms with Gasteiger partial charge in [-0.3, -0.25) is 4.90 Å². The van der Waals surface area contributed by atoms with E-state index in [1.807, 2.05) is 0 Å². The Morgan fingerprint density at radius 1 is 1.33 bits per heavy atom. The summed E-state index contributed by atoms with van der Waals surface area (Å²) in [6, 6.07) is 11.6. The summed E-state index contributed by atoms with van der Waals surface area (Å²) in [6.45, 7) is 10.4. The Labute approximate surface area is 134 Å². The zero-order valence-corrected chi connectivity index (χ0v) is 14.6. The van der Waals surface area contributed by atoms with Gasteiger partial charge in [-0.25, -0.2) is 0 Å². The second-order valence-electron chi connectivity index (χ2n) is 6.28. The van der Waals surface area contributed by atoms with Crippen LogP contribution < -0.4 is 5.32 Å². The van der Waals surface area contributed by atoms with Crippen LogP contribution in [-0.2, 0) is 5.54 Å². The standard InChI is InChI=1S/C18H30N2S/c1-4-21-14-8-13-20-15-18(3,19-12-11-16(20)2)17-9-6-5-7-10-17/h5-7,9-10,16,19H,4,8,11-15H2,1-3H3. The van der Waals surface area contributed by atoms with Crippen molar-refractivity contribution in [2.24, 2.45) is 0 Å². The molecule has 0 bridgehead atoms. The Balaban J connectivity index is 2.03. The molecule has 0 aromatic heterocycles. The molecular weight excluding hydrogens is 276 g/mol. The molecule has 1 fully saturated rings. The molecule has 1 aromatic carbocycles. The summed E-state index contributed by atoms with van der Waals surface area (Å²) in [4.78, 5) is 2.68. The molecule has 118 valence electrons. The minimum Gasteiger partial charge on any atom is -0.306 e. The third-order valence-electron chi connectivity index (χ3n) is 4.57. The first-order chi connectivity index (χ1) is 10.2. The quantitative estimate of drug-likeness (QED) is 0.806. The molecule has 21 heavy (non-hydrogen) atoms. The maximum absolute atomic E-state index is 3.79. The lowest BCUT2D eigenvalue weighted by Crippen LogP contribution is -2.47. The molecule has 1 aliphatic rings. The summed E-state index contributed by atoms with van der Waals surface area (Å²) in [5.41, 5.74) is 1.48. The van der Waals surface area contributed by atoms with Gasteiger partial charge in [0, 0.05) is 12.6 Å². The number of hydrogen-bond acceptors (Lipinski definition) is 3. The summed E-state index contributed by atoms with van der Waals surface area (Å²) in [5.74, 6) is 2.52. The van der Waals surface area contributed by atoms with E-state index in [-0.39, 0.29) is 5.54 Å². The second-order valence-corrected chi connectivity index (χ2v) is 7.68. The molecule has 0 aliphatic carbocycles. The highest BCUT2D eigenvalue weighted by Gasteiger charge is 2.32. The van der Waals surface area contributed by atoms with E-state index in [4.69, 9.17) is 0 Å². The fraction of sp³-hybridized carbons (Fsp3) is 0.667. The summed E-state index contributed by atoms with van der Waals surface area (Å²) in [5, 5.41) is 3.79. The van der Waals surface area contributed by atoms with Crippen molar-refractivity contribution in [2.75, 3.05) is 31.1 Å². The van der Waals surface area contributed by atoms with E-state index < -0.39 is 0 Å². The Morgan fingerprint density at radius 3 is 2.81 bits per heavy atom. The summed E-state index contributed by atoms with van der Waals surface area (Å²) >= 11 is 2.06. The molecule has 0 spiro atoms. The van der Waals surface area contributed by atoms with Gasteiger partial charge in [-0.2, -0.15) is 11.8 Å². The highest BCUT2D eigenvalue weighted by molar-refractivity contribution is 7.99. The van der Waals surface area contributed by atoms with Gasteiger partial charge in [0.15, 0.2) is 0 Å². The lowest BCUT2D eigenvalue weighted by atomic mass is 9.91. The predicted molar refractivity (Wildman–Crippen MR) is 95.1 cm³/mol. The van der Waals surface area contributed by atoms with Crippen LogP contribution in [0.15, 0.2) is 30.3 Å². The SMILES string of the molecule is CCSCCCN1CC(C)(c2ccccc2)NCCC1C. The normalized spacial score (nSPS) is 27.5. The number of nitrogens with zero attached hydrogens (tertiary/aromatic N) is 1. The van der Waals surface area contributed by atoms with Gasteiger partial charge in [0.05, 0.1) is 5.54 Å². The zero-order chi connectivity index (χ0) is 15.1. The zero-order valence-electron chi connectivity index (χ0n) is 13.8. The summed E-state index contributed by atoms with van der Waals surface area (Å²) in [6.07, 6.45) is 2.54. The smallest absolute Gasteiger partial charge is 0.0535 e. The van der Waals surface area contributed by atoms with Crippen molar-refractivity contribution >= 4 is 11.8 Å². The molecule has 1 saturated heterocycles. The highest BCUT2D eigenvalue weighted by atomic mass is 32.2. The Morgan fingerprint density at radius 2 is 2.10 bits per heavy atom. The van der Waals surface area contributed by atoms with Crippen LogP contribution in [-0.4, -0.2) is 42.1 Å². The van der Waals surface area contributed by atoms with Gasteiger partial charge >= 0.3 is 0 Å². The van der Waals surface area contributed by atoms with Crippen LogP contribution in [0.2, 0.25) is 0 Å². The fourth-order valence-corrected chi connectivity index (χ4v) is 3.79. The monoisotopic (exact) mass is 306 g/mol. The van der Waals surface area contributed by atoms with Gasteiger partial charge in [0.25, 0.3) is 0 Å². The first-order valence-corrected chi connectivity index (χ1v) is 9.43. The van der Waals surface area contributed by atoms with Crippen molar-refractivity contribution in [3.63, 3.8) is 0 Å². The van der Waals surface area contributed by atoms with Crippen LogP contribution in [0.5, 0.6) is 0 Å². The Kier molecular flexibility index (Phi) is 6.59. The van der Waals surface area contributed by atoms with E-state index in [0.29, 0.717) is 6.04 Å². The molecule has 1 aliphatic heterocycles. The van der Waals surface area contributed by atoms with Crippen molar-refractivity contribution in [1.29, 1.82) is 0 Å². The van der Waals surface area contributed by atoms with Gasteiger partial charge in [-0.1, -0.05) is 37.3 Å². The van der Waals surface area contributed by atoms with Gasteiger partial charge in [-0.05, 0) is 56.8 Å². The van der Waals surface area contributed by atoms with Gasteiger partial charge in [0.2, 0.25) is 0 Å². The largest absolute Gasteiger partial charge is 0.306 e. The minimum atomic E-state index is 0.0733. The van der Waals surface area contributed by atoms with E-state index in [9.17, 15) is 0 Å². The van der Waals surface area contributed by atoms with Crippen molar-refractivity contribution in [3.05, 3.63) is 35.9 Å². The minimum absolute atomic E-state index is 0.0733.